The van der Waals surface area contributed by atoms with Gasteiger partial charge in [-0.3, -0.25) is 4.90 Å². The quantitative estimate of drug-likeness (QED) is 0.785. The maximum atomic E-state index is 6.02. The van der Waals surface area contributed by atoms with Crippen LogP contribution >= 0.6 is 22.9 Å². The van der Waals surface area contributed by atoms with E-state index in [0.29, 0.717) is 5.13 Å². The second-order valence-electron chi connectivity index (χ2n) is 5.16. The Hall–Kier alpha value is -1.62. The summed E-state index contributed by atoms with van der Waals surface area (Å²) in [4.78, 5) is 6.54. The predicted molar refractivity (Wildman–Crippen MR) is 90.7 cm³/mol. The van der Waals surface area contributed by atoms with Crippen LogP contribution in [0.4, 0.5) is 5.13 Å². The van der Waals surface area contributed by atoms with Crippen molar-refractivity contribution in [1.29, 1.82) is 0 Å². The molecule has 0 spiro atoms. The Kier molecular flexibility index (Phi) is 4.10. The molecule has 0 atom stereocenters. The van der Waals surface area contributed by atoms with Gasteiger partial charge in [-0.1, -0.05) is 41.1 Å². The summed E-state index contributed by atoms with van der Waals surface area (Å²) in [5.41, 5.74) is 9.19. The van der Waals surface area contributed by atoms with Gasteiger partial charge in [0.15, 0.2) is 5.13 Å². The first-order chi connectivity index (χ1) is 10.1. The zero-order valence-corrected chi connectivity index (χ0v) is 13.3. The van der Waals surface area contributed by atoms with E-state index in [1.807, 2.05) is 24.3 Å². The normalized spacial score (nSPS) is 11.4. The molecule has 1 aromatic heterocycles. The van der Waals surface area contributed by atoms with Gasteiger partial charge in [-0.25, -0.2) is 4.98 Å². The molecule has 21 heavy (non-hydrogen) atoms. The number of hydrogen-bond acceptors (Lipinski definition) is 4. The molecule has 0 unspecified atom stereocenters. The summed E-state index contributed by atoms with van der Waals surface area (Å²) < 4.78 is 1.14. The first-order valence-electron chi connectivity index (χ1n) is 6.68. The van der Waals surface area contributed by atoms with Crippen LogP contribution in [0, 0.1) is 0 Å². The number of rotatable bonds is 4. The number of nitrogen functional groups attached to an aromatic ring is 1. The van der Waals surface area contributed by atoms with E-state index >= 15 is 0 Å². The molecule has 5 heteroatoms. The minimum atomic E-state index is 0.620. The zero-order chi connectivity index (χ0) is 14.8. The molecule has 3 rings (SSSR count). The monoisotopic (exact) mass is 317 g/mol. The highest BCUT2D eigenvalue weighted by molar-refractivity contribution is 7.22. The lowest BCUT2D eigenvalue weighted by molar-refractivity contribution is 0.319. The molecule has 0 saturated carbocycles. The van der Waals surface area contributed by atoms with Gasteiger partial charge in [0.1, 0.15) is 0 Å². The third-order valence-electron chi connectivity index (χ3n) is 3.26. The minimum Gasteiger partial charge on any atom is -0.375 e. The Morgan fingerprint density at radius 2 is 1.90 bits per heavy atom. The van der Waals surface area contributed by atoms with E-state index in [0.717, 1.165) is 28.3 Å². The number of aromatic nitrogens is 1. The fraction of sp³-hybridized carbons (Fsp3) is 0.188. The molecule has 0 amide bonds. The van der Waals surface area contributed by atoms with E-state index in [-0.39, 0.29) is 0 Å². The molecule has 0 radical (unpaired) electrons. The van der Waals surface area contributed by atoms with Crippen LogP contribution in [0.2, 0.25) is 5.02 Å². The summed E-state index contributed by atoms with van der Waals surface area (Å²) in [5.74, 6) is 0. The first-order valence-corrected chi connectivity index (χ1v) is 7.87. The van der Waals surface area contributed by atoms with Crippen LogP contribution in [0.15, 0.2) is 42.5 Å². The lowest BCUT2D eigenvalue weighted by Gasteiger charge is -2.17. The number of fused-ring (bicyclic) bond motifs is 1. The highest BCUT2D eigenvalue weighted by Gasteiger charge is 2.06. The fourth-order valence-corrected chi connectivity index (χ4v) is 3.41. The largest absolute Gasteiger partial charge is 0.375 e. The predicted octanol–water partition coefficient (Wildman–Crippen LogP) is 4.16. The van der Waals surface area contributed by atoms with Gasteiger partial charge in [0.05, 0.1) is 10.2 Å². The summed E-state index contributed by atoms with van der Waals surface area (Å²) in [6.45, 7) is 1.74. The summed E-state index contributed by atoms with van der Waals surface area (Å²) in [7, 11) is 2.10. The number of anilines is 1. The van der Waals surface area contributed by atoms with Crippen molar-refractivity contribution >= 4 is 38.3 Å². The highest BCUT2D eigenvalue weighted by Crippen LogP contribution is 2.25. The van der Waals surface area contributed by atoms with Gasteiger partial charge in [0.2, 0.25) is 0 Å². The van der Waals surface area contributed by atoms with Crippen LogP contribution in [0.5, 0.6) is 0 Å². The Bertz CT molecular complexity index is 769. The van der Waals surface area contributed by atoms with Gasteiger partial charge in [0.25, 0.3) is 0 Å². The van der Waals surface area contributed by atoms with Gasteiger partial charge < -0.3 is 5.73 Å². The third-order valence-corrected chi connectivity index (χ3v) is 4.35. The van der Waals surface area contributed by atoms with Crippen molar-refractivity contribution in [3.63, 3.8) is 0 Å². The van der Waals surface area contributed by atoms with Crippen LogP contribution in [-0.2, 0) is 13.1 Å². The molecule has 108 valence electrons. The number of nitrogens with two attached hydrogens (primary N) is 1. The summed E-state index contributed by atoms with van der Waals surface area (Å²) >= 11 is 7.55. The van der Waals surface area contributed by atoms with Crippen molar-refractivity contribution in [2.24, 2.45) is 0 Å². The van der Waals surface area contributed by atoms with E-state index < -0.39 is 0 Å². The van der Waals surface area contributed by atoms with E-state index in [2.05, 4.69) is 35.1 Å². The fourth-order valence-electron chi connectivity index (χ4n) is 2.40. The number of halogens is 1. The van der Waals surface area contributed by atoms with Crippen LogP contribution in [0.3, 0.4) is 0 Å². The molecule has 0 aliphatic carbocycles. The summed E-state index contributed by atoms with van der Waals surface area (Å²) in [6, 6.07) is 14.3. The highest BCUT2D eigenvalue weighted by atomic mass is 35.5. The van der Waals surface area contributed by atoms with E-state index in [1.54, 1.807) is 0 Å². The maximum absolute atomic E-state index is 6.02. The molecular weight excluding hydrogens is 302 g/mol. The Balaban J connectivity index is 1.72. The zero-order valence-electron chi connectivity index (χ0n) is 11.7. The van der Waals surface area contributed by atoms with Crippen LogP contribution < -0.4 is 5.73 Å². The number of benzene rings is 2. The van der Waals surface area contributed by atoms with E-state index in [4.69, 9.17) is 17.3 Å². The second kappa shape index (κ2) is 6.02. The number of thiazole rings is 1. The minimum absolute atomic E-state index is 0.620. The van der Waals surface area contributed by atoms with Crippen molar-refractivity contribution in [3.05, 3.63) is 58.6 Å². The lowest BCUT2D eigenvalue weighted by atomic mass is 10.1. The molecule has 2 N–H and O–H groups in total. The Morgan fingerprint density at radius 3 is 2.67 bits per heavy atom. The van der Waals surface area contributed by atoms with Crippen molar-refractivity contribution in [2.75, 3.05) is 12.8 Å². The molecule has 3 aromatic rings. The topological polar surface area (TPSA) is 42.2 Å². The first kappa shape index (κ1) is 14.3. The number of nitrogens with zero attached hydrogens (tertiary/aromatic N) is 2. The SMILES string of the molecule is CN(Cc1cccc(Cl)c1)Cc1ccc2nc(N)sc2c1. The average Bonchev–Trinajstić information content (AvgIpc) is 2.78. The molecule has 2 aromatic carbocycles. The molecule has 0 aliphatic rings. The van der Waals surface area contributed by atoms with E-state index in [9.17, 15) is 0 Å². The molecule has 0 saturated heterocycles. The molecule has 0 fully saturated rings. The van der Waals surface area contributed by atoms with Crippen LogP contribution in [0.25, 0.3) is 10.2 Å². The van der Waals surface area contributed by atoms with Crippen molar-refractivity contribution in [3.8, 4) is 0 Å². The molecule has 3 nitrogen and oxygen atoms in total. The van der Waals surface area contributed by atoms with Crippen LogP contribution in [-0.4, -0.2) is 16.9 Å². The maximum Gasteiger partial charge on any atom is 0.181 e. The van der Waals surface area contributed by atoms with Gasteiger partial charge in [-0.2, -0.15) is 0 Å². The van der Waals surface area contributed by atoms with Gasteiger partial charge in [0, 0.05) is 18.1 Å². The molecule has 0 bridgehead atoms. The number of hydrogen-bond donors (Lipinski definition) is 1. The molecule has 1 heterocycles. The van der Waals surface area contributed by atoms with Gasteiger partial charge in [-0.05, 0) is 42.4 Å². The molecule has 0 aliphatic heterocycles. The lowest BCUT2D eigenvalue weighted by Crippen LogP contribution is -2.17. The average molecular weight is 318 g/mol. The third kappa shape index (κ3) is 3.53. The van der Waals surface area contributed by atoms with Crippen LogP contribution in [0.1, 0.15) is 11.1 Å². The Labute approximate surface area is 133 Å². The van der Waals surface area contributed by atoms with Gasteiger partial charge >= 0.3 is 0 Å². The van der Waals surface area contributed by atoms with Crippen molar-refractivity contribution in [1.82, 2.24) is 9.88 Å². The van der Waals surface area contributed by atoms with E-state index in [1.165, 1.54) is 22.5 Å². The second-order valence-corrected chi connectivity index (χ2v) is 6.66. The molecular formula is C16H16ClN3S. The summed E-state index contributed by atoms with van der Waals surface area (Å²) in [6.07, 6.45) is 0. The smallest absolute Gasteiger partial charge is 0.181 e. The Morgan fingerprint density at radius 1 is 1.14 bits per heavy atom. The summed E-state index contributed by atoms with van der Waals surface area (Å²) in [5, 5.41) is 1.40. The van der Waals surface area contributed by atoms with Crippen molar-refractivity contribution in [2.45, 2.75) is 13.1 Å². The standard InChI is InChI=1S/C16H16ClN3S/c1-20(9-11-3-2-4-13(17)7-11)10-12-5-6-14-15(8-12)21-16(18)19-14/h2-8H,9-10H2,1H3,(H2,18,19). The van der Waals surface area contributed by atoms with Crippen molar-refractivity contribution < 1.29 is 0 Å². The van der Waals surface area contributed by atoms with Gasteiger partial charge in [-0.15, -0.1) is 0 Å².